The van der Waals surface area contributed by atoms with Gasteiger partial charge in [0.1, 0.15) is 11.6 Å². The first-order valence-electron chi connectivity index (χ1n) is 10.4. The number of nitrogens with zero attached hydrogens (tertiary/aromatic N) is 4. The van der Waals surface area contributed by atoms with Crippen molar-refractivity contribution in [2.24, 2.45) is 0 Å². The molecule has 0 radical (unpaired) electrons. The number of hydrogen-bond donors (Lipinski definition) is 2. The Morgan fingerprint density at radius 2 is 2.00 bits per heavy atom. The molecule has 2 N–H and O–H groups in total. The molecule has 174 valence electrons. The van der Waals surface area contributed by atoms with Crippen LogP contribution in [0.3, 0.4) is 0 Å². The Bertz CT molecular complexity index is 1480. The lowest BCUT2D eigenvalue weighted by Gasteiger charge is -2.13. The highest BCUT2D eigenvalue weighted by atomic mass is 32.2. The number of aryl methyl sites for hydroxylation is 3. The number of imidazole rings is 1. The van der Waals surface area contributed by atoms with Crippen LogP contribution in [0, 0.1) is 13.8 Å². The summed E-state index contributed by atoms with van der Waals surface area (Å²) in [6, 6.07) is 5.79. The maximum Gasteiger partial charge on any atom is 0.277 e. The third kappa shape index (κ3) is 4.33. The Morgan fingerprint density at radius 3 is 2.67 bits per heavy atom. The standard InChI is InChI=1S/C21H24N6O5S/c1-5-7-17-22-13(4)19-21(28)23-20(24-27(17)19)15-11-14(8-9-16(15)31-6-2)33(29,30)26-18-10-12(3)25-32-18/h8-11,26H,5-7H2,1-4H3,(H,23,24,28). The van der Waals surface area contributed by atoms with Gasteiger partial charge in [-0.3, -0.25) is 4.79 Å². The van der Waals surface area contributed by atoms with Crippen LogP contribution in [0.5, 0.6) is 5.75 Å². The average Bonchev–Trinajstić information content (AvgIpc) is 3.30. The van der Waals surface area contributed by atoms with Crippen molar-refractivity contribution >= 4 is 21.4 Å². The van der Waals surface area contributed by atoms with Gasteiger partial charge in [0, 0.05) is 12.5 Å². The van der Waals surface area contributed by atoms with Crippen molar-refractivity contribution in [3.8, 4) is 17.1 Å². The number of anilines is 1. The summed E-state index contributed by atoms with van der Waals surface area (Å²) in [4.78, 5) is 20.0. The number of aromatic amines is 1. The number of ether oxygens (including phenoxy) is 1. The Labute approximate surface area is 189 Å². The molecule has 0 aliphatic rings. The van der Waals surface area contributed by atoms with Crippen molar-refractivity contribution in [3.63, 3.8) is 0 Å². The van der Waals surface area contributed by atoms with Gasteiger partial charge in [0.2, 0.25) is 5.88 Å². The Kier molecular flexibility index (Phi) is 5.93. The third-order valence-electron chi connectivity index (χ3n) is 4.90. The fourth-order valence-corrected chi connectivity index (χ4v) is 4.49. The fourth-order valence-electron chi connectivity index (χ4n) is 3.49. The number of fused-ring (bicyclic) bond motifs is 1. The minimum absolute atomic E-state index is 0.00557. The average molecular weight is 473 g/mol. The second kappa shape index (κ2) is 8.70. The molecule has 12 heteroatoms. The van der Waals surface area contributed by atoms with Crippen LogP contribution in [0.15, 0.2) is 38.5 Å². The van der Waals surface area contributed by atoms with Crippen LogP contribution in [-0.2, 0) is 16.4 Å². The fraction of sp³-hybridized carbons (Fsp3) is 0.333. The first-order chi connectivity index (χ1) is 15.7. The molecule has 4 rings (SSSR count). The van der Waals surface area contributed by atoms with Crippen molar-refractivity contribution in [3.05, 3.63) is 51.8 Å². The SMILES string of the molecule is CCCc1nc(C)c2c(=O)[nH]c(-c3cc(S(=O)(=O)Nc4cc(C)no4)ccc3OCC)nn12. The molecule has 0 fully saturated rings. The van der Waals surface area contributed by atoms with E-state index < -0.39 is 10.0 Å². The number of hydrogen-bond acceptors (Lipinski definition) is 8. The summed E-state index contributed by atoms with van der Waals surface area (Å²) in [6.45, 7) is 7.58. The number of rotatable bonds is 8. The zero-order chi connectivity index (χ0) is 23.8. The first-order valence-corrected chi connectivity index (χ1v) is 11.9. The van der Waals surface area contributed by atoms with Gasteiger partial charge in [-0.2, -0.15) is 0 Å². The van der Waals surface area contributed by atoms with Gasteiger partial charge in [-0.15, -0.1) is 5.10 Å². The van der Waals surface area contributed by atoms with E-state index in [2.05, 4.69) is 24.9 Å². The molecule has 0 saturated carbocycles. The Hall–Kier alpha value is -3.67. The monoisotopic (exact) mass is 472 g/mol. The zero-order valence-electron chi connectivity index (χ0n) is 18.7. The minimum atomic E-state index is -4.01. The normalized spacial score (nSPS) is 11.8. The number of aromatic nitrogens is 5. The second-order valence-electron chi connectivity index (χ2n) is 7.46. The first kappa shape index (κ1) is 22.5. The zero-order valence-corrected chi connectivity index (χ0v) is 19.5. The van der Waals surface area contributed by atoms with Crippen LogP contribution in [0.25, 0.3) is 16.9 Å². The summed E-state index contributed by atoms with van der Waals surface area (Å²) in [5.74, 6) is 1.19. The van der Waals surface area contributed by atoms with Crippen LogP contribution in [0.2, 0.25) is 0 Å². The maximum absolute atomic E-state index is 12.9. The quantitative estimate of drug-likeness (QED) is 0.398. The third-order valence-corrected chi connectivity index (χ3v) is 6.24. The minimum Gasteiger partial charge on any atom is -0.493 e. The van der Waals surface area contributed by atoms with Crippen LogP contribution in [-0.4, -0.2) is 39.8 Å². The molecule has 33 heavy (non-hydrogen) atoms. The van der Waals surface area contributed by atoms with Crippen LogP contribution in [0.4, 0.5) is 5.88 Å². The molecule has 0 spiro atoms. The van der Waals surface area contributed by atoms with Gasteiger partial charge in [-0.25, -0.2) is 22.6 Å². The molecule has 1 aromatic carbocycles. The lowest BCUT2D eigenvalue weighted by atomic mass is 10.2. The summed E-state index contributed by atoms with van der Waals surface area (Å²) < 4.78 is 40.4. The molecule has 0 bridgehead atoms. The summed E-state index contributed by atoms with van der Waals surface area (Å²) >= 11 is 0. The number of benzene rings is 1. The molecule has 11 nitrogen and oxygen atoms in total. The number of nitrogens with one attached hydrogen (secondary N) is 2. The lowest BCUT2D eigenvalue weighted by molar-refractivity contribution is 0.341. The highest BCUT2D eigenvalue weighted by Crippen LogP contribution is 2.31. The Morgan fingerprint density at radius 1 is 1.21 bits per heavy atom. The molecule has 3 aromatic heterocycles. The predicted octanol–water partition coefficient (Wildman–Crippen LogP) is 2.84. The van der Waals surface area contributed by atoms with E-state index in [4.69, 9.17) is 9.26 Å². The number of sulfonamides is 1. The summed E-state index contributed by atoms with van der Waals surface area (Å²) in [7, 11) is -4.01. The van der Waals surface area contributed by atoms with E-state index in [1.54, 1.807) is 20.8 Å². The maximum atomic E-state index is 12.9. The van der Waals surface area contributed by atoms with Crippen LogP contribution >= 0.6 is 0 Å². The van der Waals surface area contributed by atoms with Gasteiger partial charge in [0.25, 0.3) is 15.6 Å². The van der Waals surface area contributed by atoms with E-state index in [1.165, 1.54) is 28.8 Å². The van der Waals surface area contributed by atoms with Crippen molar-refractivity contribution in [1.82, 2.24) is 24.7 Å². The molecule has 4 aromatic rings. The van der Waals surface area contributed by atoms with Crippen LogP contribution in [0.1, 0.15) is 37.5 Å². The molecular weight excluding hydrogens is 448 g/mol. The highest BCUT2D eigenvalue weighted by Gasteiger charge is 2.22. The van der Waals surface area contributed by atoms with Gasteiger partial charge in [0.05, 0.1) is 28.5 Å². The molecule has 3 heterocycles. The molecule has 0 aliphatic carbocycles. The molecule has 0 atom stereocenters. The van der Waals surface area contributed by atoms with Crippen LogP contribution < -0.4 is 15.0 Å². The van der Waals surface area contributed by atoms with E-state index in [1.807, 2.05) is 6.92 Å². The van der Waals surface area contributed by atoms with E-state index in [9.17, 15) is 13.2 Å². The predicted molar refractivity (Wildman–Crippen MR) is 121 cm³/mol. The van der Waals surface area contributed by atoms with Gasteiger partial charge in [-0.05, 0) is 45.4 Å². The van der Waals surface area contributed by atoms with Crippen molar-refractivity contribution in [2.45, 2.75) is 45.4 Å². The van der Waals surface area contributed by atoms with Gasteiger partial charge in [0.15, 0.2) is 11.3 Å². The summed E-state index contributed by atoms with van der Waals surface area (Å²) in [5.41, 5.74) is 1.41. The molecular formula is C21H24N6O5S. The van der Waals surface area contributed by atoms with E-state index in [-0.39, 0.29) is 22.2 Å². The number of H-pyrrole nitrogens is 1. The van der Waals surface area contributed by atoms with Gasteiger partial charge < -0.3 is 14.2 Å². The van der Waals surface area contributed by atoms with E-state index in [0.717, 1.165) is 6.42 Å². The topological polar surface area (TPSA) is 144 Å². The summed E-state index contributed by atoms with van der Waals surface area (Å²) in [6.07, 6.45) is 1.46. The van der Waals surface area contributed by atoms with Gasteiger partial charge in [-0.1, -0.05) is 12.1 Å². The molecule has 0 saturated heterocycles. The lowest BCUT2D eigenvalue weighted by Crippen LogP contribution is -2.16. The molecule has 0 amide bonds. The molecule has 0 aliphatic heterocycles. The van der Waals surface area contributed by atoms with E-state index >= 15 is 0 Å². The van der Waals surface area contributed by atoms with Crippen molar-refractivity contribution in [1.29, 1.82) is 0 Å². The smallest absolute Gasteiger partial charge is 0.277 e. The summed E-state index contributed by atoms with van der Waals surface area (Å²) in [5, 5.41) is 8.26. The Balaban J connectivity index is 1.86. The highest BCUT2D eigenvalue weighted by molar-refractivity contribution is 7.92. The van der Waals surface area contributed by atoms with Gasteiger partial charge >= 0.3 is 0 Å². The largest absolute Gasteiger partial charge is 0.493 e. The van der Waals surface area contributed by atoms with Crippen molar-refractivity contribution in [2.75, 3.05) is 11.3 Å². The second-order valence-corrected chi connectivity index (χ2v) is 9.14. The molecule has 0 unspecified atom stereocenters. The van der Waals surface area contributed by atoms with E-state index in [0.29, 0.717) is 47.1 Å². The van der Waals surface area contributed by atoms with Crippen molar-refractivity contribution < 1.29 is 17.7 Å².